The predicted molar refractivity (Wildman–Crippen MR) is 132 cm³/mol. The first-order valence-electron chi connectivity index (χ1n) is 10.7. The molecule has 3 aromatic rings. The third-order valence-electron chi connectivity index (χ3n) is 5.60. The van der Waals surface area contributed by atoms with Crippen molar-refractivity contribution in [3.8, 4) is 5.75 Å². The molecule has 0 spiro atoms. The van der Waals surface area contributed by atoms with Gasteiger partial charge >= 0.3 is 0 Å². The van der Waals surface area contributed by atoms with Crippen LogP contribution in [-0.4, -0.2) is 23.4 Å². The van der Waals surface area contributed by atoms with Gasteiger partial charge in [0, 0.05) is 16.1 Å². The zero-order valence-electron chi connectivity index (χ0n) is 18.5. The first-order valence-corrected chi connectivity index (χ1v) is 12.0. The molecule has 1 aliphatic heterocycles. The van der Waals surface area contributed by atoms with Crippen LogP contribution in [-0.2, 0) is 9.59 Å². The summed E-state index contributed by atoms with van der Waals surface area (Å²) in [6.45, 7) is 6.47. The number of carbonyl (C=O) groups is 2. The number of ether oxygens (including phenoxy) is 1. The van der Waals surface area contributed by atoms with E-state index >= 15 is 0 Å². The van der Waals surface area contributed by atoms with Crippen LogP contribution in [0.3, 0.4) is 0 Å². The van der Waals surface area contributed by atoms with E-state index < -0.39 is 17.7 Å². The highest BCUT2D eigenvalue weighted by atomic mass is 35.5. The minimum absolute atomic E-state index is 0.00549. The van der Waals surface area contributed by atoms with E-state index in [1.807, 2.05) is 48.7 Å². The van der Waals surface area contributed by atoms with Crippen molar-refractivity contribution in [3.63, 3.8) is 0 Å². The first-order chi connectivity index (χ1) is 15.8. The van der Waals surface area contributed by atoms with Gasteiger partial charge in [-0.2, -0.15) is 0 Å². The Kier molecular flexibility index (Phi) is 6.58. The number of hydrogen-bond donors (Lipinski definition) is 1. The number of benzene rings is 2. The maximum absolute atomic E-state index is 13.2. The quantitative estimate of drug-likeness (QED) is 0.246. The van der Waals surface area contributed by atoms with Crippen molar-refractivity contribution in [2.45, 2.75) is 32.7 Å². The van der Waals surface area contributed by atoms with Crippen molar-refractivity contribution >= 4 is 46.1 Å². The SMILES string of the molecule is CCOc1ccc(Cl)c(/C(O)=C2/C(=O)C(=O)N(c3ccc(C(C)C)cc3)C2c2cccs2)c1. The number of rotatable bonds is 6. The number of amides is 1. The summed E-state index contributed by atoms with van der Waals surface area (Å²) in [5.41, 5.74) is 1.97. The van der Waals surface area contributed by atoms with Crippen molar-refractivity contribution in [3.05, 3.63) is 86.6 Å². The lowest BCUT2D eigenvalue weighted by Gasteiger charge is -2.24. The Hall–Kier alpha value is -3.09. The Morgan fingerprint density at radius 2 is 1.88 bits per heavy atom. The largest absolute Gasteiger partial charge is 0.507 e. The molecule has 1 aliphatic rings. The third-order valence-corrected chi connectivity index (χ3v) is 6.85. The van der Waals surface area contributed by atoms with Crippen molar-refractivity contribution in [1.29, 1.82) is 0 Å². The summed E-state index contributed by atoms with van der Waals surface area (Å²) in [5.74, 6) is -0.919. The number of anilines is 1. The van der Waals surface area contributed by atoms with E-state index in [4.69, 9.17) is 16.3 Å². The summed E-state index contributed by atoms with van der Waals surface area (Å²) in [7, 11) is 0. The topological polar surface area (TPSA) is 66.8 Å². The summed E-state index contributed by atoms with van der Waals surface area (Å²) in [4.78, 5) is 28.6. The molecule has 0 bridgehead atoms. The Balaban J connectivity index is 1.88. The standard InChI is InChI=1S/C26H24ClNO4S/c1-4-32-18-11-12-20(27)19(14-18)24(29)22-23(21-6-5-13-33-21)28(26(31)25(22)30)17-9-7-16(8-10-17)15(2)3/h5-15,23,29H,4H2,1-3H3/b24-22-. The number of carbonyl (C=O) groups excluding carboxylic acids is 2. The van der Waals surface area contributed by atoms with Gasteiger partial charge in [-0.25, -0.2) is 0 Å². The zero-order chi connectivity index (χ0) is 23.7. The fourth-order valence-electron chi connectivity index (χ4n) is 3.92. The van der Waals surface area contributed by atoms with Gasteiger partial charge in [-0.1, -0.05) is 43.6 Å². The summed E-state index contributed by atoms with van der Waals surface area (Å²) in [6, 6.07) is 15.4. The molecule has 0 radical (unpaired) electrons. The van der Waals surface area contributed by atoms with Crippen LogP contribution < -0.4 is 9.64 Å². The summed E-state index contributed by atoms with van der Waals surface area (Å²) < 4.78 is 5.53. The molecule has 1 fully saturated rings. The van der Waals surface area contributed by atoms with E-state index in [1.165, 1.54) is 16.2 Å². The average Bonchev–Trinajstić information content (AvgIpc) is 3.42. The van der Waals surface area contributed by atoms with Crippen LogP contribution in [0.25, 0.3) is 5.76 Å². The second-order valence-electron chi connectivity index (χ2n) is 8.01. The maximum Gasteiger partial charge on any atom is 0.300 e. The van der Waals surface area contributed by atoms with E-state index in [-0.39, 0.29) is 21.9 Å². The van der Waals surface area contributed by atoms with Gasteiger partial charge in [0.25, 0.3) is 11.7 Å². The van der Waals surface area contributed by atoms with Crippen molar-refractivity contribution in [1.82, 2.24) is 0 Å². The Labute approximate surface area is 201 Å². The van der Waals surface area contributed by atoms with E-state index in [2.05, 4.69) is 13.8 Å². The number of Topliss-reactive ketones (excluding diaryl/α,β-unsaturated/α-hetero) is 1. The monoisotopic (exact) mass is 481 g/mol. The molecule has 0 saturated carbocycles. The van der Waals surface area contributed by atoms with Gasteiger partial charge in [-0.3, -0.25) is 14.5 Å². The van der Waals surface area contributed by atoms with Crippen LogP contribution in [0.4, 0.5) is 5.69 Å². The molecule has 5 nitrogen and oxygen atoms in total. The van der Waals surface area contributed by atoms with Gasteiger partial charge in [0.05, 0.1) is 17.2 Å². The number of aliphatic hydroxyl groups excluding tert-OH is 1. The highest BCUT2D eigenvalue weighted by molar-refractivity contribution is 7.10. The molecule has 33 heavy (non-hydrogen) atoms. The number of halogens is 1. The van der Waals surface area contributed by atoms with E-state index in [0.717, 1.165) is 10.4 Å². The Bertz CT molecular complexity index is 1220. The summed E-state index contributed by atoms with van der Waals surface area (Å²) in [6.07, 6.45) is 0. The molecule has 0 aliphatic carbocycles. The number of thiophene rings is 1. The lowest BCUT2D eigenvalue weighted by atomic mass is 9.99. The fraction of sp³-hybridized carbons (Fsp3) is 0.231. The van der Waals surface area contributed by atoms with Gasteiger partial charge in [-0.05, 0) is 60.2 Å². The van der Waals surface area contributed by atoms with Crippen LogP contribution in [0.15, 0.2) is 65.6 Å². The molecule has 1 amide bonds. The van der Waals surface area contributed by atoms with Crippen LogP contribution in [0, 0.1) is 0 Å². The lowest BCUT2D eigenvalue weighted by Crippen LogP contribution is -2.29. The van der Waals surface area contributed by atoms with E-state index in [0.29, 0.717) is 24.0 Å². The maximum atomic E-state index is 13.2. The molecule has 2 aromatic carbocycles. The Morgan fingerprint density at radius 3 is 2.48 bits per heavy atom. The van der Waals surface area contributed by atoms with Crippen molar-refractivity contribution in [2.24, 2.45) is 0 Å². The molecule has 7 heteroatoms. The molecule has 1 saturated heterocycles. The molecular weight excluding hydrogens is 458 g/mol. The smallest absolute Gasteiger partial charge is 0.300 e. The second kappa shape index (κ2) is 9.41. The molecule has 4 rings (SSSR count). The second-order valence-corrected chi connectivity index (χ2v) is 9.39. The Morgan fingerprint density at radius 1 is 1.15 bits per heavy atom. The van der Waals surface area contributed by atoms with Crippen LogP contribution >= 0.6 is 22.9 Å². The molecule has 2 heterocycles. The molecule has 1 N–H and O–H groups in total. The normalized spacial score (nSPS) is 17.7. The van der Waals surface area contributed by atoms with Crippen molar-refractivity contribution in [2.75, 3.05) is 11.5 Å². The molecular formula is C26H24ClNO4S. The molecule has 1 atom stereocenters. The number of aliphatic hydroxyl groups is 1. The summed E-state index contributed by atoms with van der Waals surface area (Å²) >= 11 is 7.78. The zero-order valence-corrected chi connectivity index (χ0v) is 20.1. The lowest BCUT2D eigenvalue weighted by molar-refractivity contribution is -0.132. The average molecular weight is 482 g/mol. The number of ketones is 1. The van der Waals surface area contributed by atoms with Gasteiger partial charge in [0.2, 0.25) is 0 Å². The first kappa shape index (κ1) is 23.1. The fourth-order valence-corrected chi connectivity index (χ4v) is 4.95. The van der Waals surface area contributed by atoms with E-state index in [9.17, 15) is 14.7 Å². The van der Waals surface area contributed by atoms with Crippen LogP contribution in [0.1, 0.15) is 48.7 Å². The van der Waals surface area contributed by atoms with Crippen LogP contribution in [0.5, 0.6) is 5.75 Å². The van der Waals surface area contributed by atoms with E-state index in [1.54, 1.807) is 18.2 Å². The molecule has 170 valence electrons. The van der Waals surface area contributed by atoms with Gasteiger partial charge < -0.3 is 9.84 Å². The molecule has 1 unspecified atom stereocenters. The minimum Gasteiger partial charge on any atom is -0.507 e. The molecule has 1 aromatic heterocycles. The highest BCUT2D eigenvalue weighted by Gasteiger charge is 2.47. The summed E-state index contributed by atoms with van der Waals surface area (Å²) in [5, 5.41) is 13.4. The van der Waals surface area contributed by atoms with Gasteiger partial charge in [0.1, 0.15) is 17.6 Å². The number of hydrogen-bond acceptors (Lipinski definition) is 5. The van der Waals surface area contributed by atoms with Gasteiger partial charge in [0.15, 0.2) is 0 Å². The van der Waals surface area contributed by atoms with Gasteiger partial charge in [-0.15, -0.1) is 11.3 Å². The third kappa shape index (κ3) is 4.28. The minimum atomic E-state index is -0.762. The van der Waals surface area contributed by atoms with Crippen LogP contribution in [0.2, 0.25) is 5.02 Å². The van der Waals surface area contributed by atoms with Crippen molar-refractivity contribution < 1.29 is 19.4 Å². The number of nitrogens with zero attached hydrogens (tertiary/aromatic N) is 1. The highest BCUT2D eigenvalue weighted by Crippen LogP contribution is 2.44. The predicted octanol–water partition coefficient (Wildman–Crippen LogP) is 6.55.